The summed E-state index contributed by atoms with van der Waals surface area (Å²) in [6.07, 6.45) is 2.41. The van der Waals surface area contributed by atoms with E-state index in [9.17, 15) is 12.8 Å². The molecule has 0 aliphatic carbocycles. The van der Waals surface area contributed by atoms with Crippen molar-refractivity contribution < 1.29 is 12.8 Å². The van der Waals surface area contributed by atoms with E-state index in [4.69, 9.17) is 0 Å². The SMILES string of the molecule is CCCNCCCCS(=O)(=O)Nc1c(C)cccc1F. The largest absolute Gasteiger partial charge is 0.317 e. The van der Waals surface area contributed by atoms with Crippen molar-refractivity contribution in [3.8, 4) is 0 Å². The van der Waals surface area contributed by atoms with E-state index in [1.165, 1.54) is 6.07 Å². The summed E-state index contributed by atoms with van der Waals surface area (Å²) >= 11 is 0. The summed E-state index contributed by atoms with van der Waals surface area (Å²) in [5, 5.41) is 3.21. The van der Waals surface area contributed by atoms with Crippen LogP contribution in [-0.4, -0.2) is 27.3 Å². The van der Waals surface area contributed by atoms with Gasteiger partial charge in [0.05, 0.1) is 11.4 Å². The van der Waals surface area contributed by atoms with Crippen molar-refractivity contribution in [2.45, 2.75) is 33.1 Å². The molecule has 0 atom stereocenters. The fourth-order valence-corrected chi connectivity index (χ4v) is 3.07. The zero-order valence-corrected chi connectivity index (χ0v) is 12.9. The Morgan fingerprint density at radius 1 is 1.20 bits per heavy atom. The van der Waals surface area contributed by atoms with Crippen molar-refractivity contribution in [2.24, 2.45) is 0 Å². The second kappa shape index (κ2) is 8.21. The third-order valence-corrected chi connectivity index (χ3v) is 4.26. The lowest BCUT2D eigenvalue weighted by atomic mass is 10.2. The predicted octanol–water partition coefficient (Wildman–Crippen LogP) is 2.66. The van der Waals surface area contributed by atoms with E-state index >= 15 is 0 Å². The minimum Gasteiger partial charge on any atom is -0.317 e. The third kappa shape index (κ3) is 5.88. The Hall–Kier alpha value is -1.14. The zero-order valence-electron chi connectivity index (χ0n) is 12.1. The summed E-state index contributed by atoms with van der Waals surface area (Å²) in [4.78, 5) is 0. The van der Waals surface area contributed by atoms with Gasteiger partial charge in [-0.05, 0) is 50.9 Å². The molecule has 0 saturated carbocycles. The fraction of sp³-hybridized carbons (Fsp3) is 0.571. The molecule has 0 aliphatic rings. The van der Waals surface area contributed by atoms with Crippen LogP contribution in [0, 0.1) is 12.7 Å². The second-order valence-corrected chi connectivity index (χ2v) is 6.65. The molecule has 0 radical (unpaired) electrons. The Kier molecular flexibility index (Phi) is 6.95. The summed E-state index contributed by atoms with van der Waals surface area (Å²) in [6, 6.07) is 4.48. The molecular formula is C14H23FN2O2S. The number of aryl methyl sites for hydroxylation is 1. The molecule has 0 unspecified atom stereocenters. The van der Waals surface area contributed by atoms with Gasteiger partial charge >= 0.3 is 0 Å². The van der Waals surface area contributed by atoms with Crippen LogP contribution in [0.3, 0.4) is 0 Å². The molecule has 1 rings (SSSR count). The highest BCUT2D eigenvalue weighted by Crippen LogP contribution is 2.20. The summed E-state index contributed by atoms with van der Waals surface area (Å²) in [5.74, 6) is -0.535. The first-order valence-electron chi connectivity index (χ1n) is 6.92. The Labute approximate surface area is 120 Å². The van der Waals surface area contributed by atoms with Crippen LogP contribution in [0.15, 0.2) is 18.2 Å². The Balaban J connectivity index is 2.46. The molecule has 0 aromatic heterocycles. The van der Waals surface area contributed by atoms with Crippen molar-refractivity contribution in [3.63, 3.8) is 0 Å². The number of sulfonamides is 1. The van der Waals surface area contributed by atoms with Gasteiger partial charge in [0.25, 0.3) is 0 Å². The van der Waals surface area contributed by atoms with Crippen LogP contribution in [0.4, 0.5) is 10.1 Å². The zero-order chi connectivity index (χ0) is 15.0. The van der Waals surface area contributed by atoms with E-state index in [0.29, 0.717) is 12.0 Å². The van der Waals surface area contributed by atoms with Gasteiger partial charge in [-0.2, -0.15) is 0 Å². The smallest absolute Gasteiger partial charge is 0.232 e. The molecule has 0 amide bonds. The monoisotopic (exact) mass is 302 g/mol. The van der Waals surface area contributed by atoms with Crippen LogP contribution in [-0.2, 0) is 10.0 Å². The van der Waals surface area contributed by atoms with Gasteiger partial charge in [0.15, 0.2) is 0 Å². The number of hydrogen-bond acceptors (Lipinski definition) is 3. The predicted molar refractivity (Wildman–Crippen MR) is 80.9 cm³/mol. The van der Waals surface area contributed by atoms with Crippen molar-refractivity contribution in [1.29, 1.82) is 0 Å². The lowest BCUT2D eigenvalue weighted by Crippen LogP contribution is -2.20. The highest BCUT2D eigenvalue weighted by Gasteiger charge is 2.14. The Morgan fingerprint density at radius 3 is 2.60 bits per heavy atom. The topological polar surface area (TPSA) is 58.2 Å². The highest BCUT2D eigenvalue weighted by atomic mass is 32.2. The number of benzene rings is 1. The van der Waals surface area contributed by atoms with Crippen LogP contribution >= 0.6 is 0 Å². The standard InChI is InChI=1S/C14H23FN2O2S/c1-3-9-16-10-4-5-11-20(18,19)17-14-12(2)7-6-8-13(14)15/h6-8,16-17H,3-5,9-11H2,1-2H3. The summed E-state index contributed by atoms with van der Waals surface area (Å²) < 4.78 is 39.7. The molecule has 1 aromatic rings. The first-order chi connectivity index (χ1) is 9.46. The molecule has 0 heterocycles. The van der Waals surface area contributed by atoms with Crippen LogP contribution < -0.4 is 10.0 Å². The van der Waals surface area contributed by atoms with Gasteiger partial charge in [0.2, 0.25) is 10.0 Å². The van der Waals surface area contributed by atoms with Gasteiger partial charge in [-0.15, -0.1) is 0 Å². The molecule has 20 heavy (non-hydrogen) atoms. The fourth-order valence-electron chi connectivity index (χ4n) is 1.81. The Bertz CT molecular complexity index is 498. The molecule has 0 fully saturated rings. The summed E-state index contributed by atoms with van der Waals surface area (Å²) in [7, 11) is -3.49. The van der Waals surface area contributed by atoms with Gasteiger partial charge in [-0.25, -0.2) is 12.8 Å². The molecule has 114 valence electrons. The number of unbranched alkanes of at least 4 members (excludes halogenated alkanes) is 1. The number of para-hydroxylation sites is 1. The lowest BCUT2D eigenvalue weighted by molar-refractivity contribution is 0.588. The number of anilines is 1. The van der Waals surface area contributed by atoms with Crippen molar-refractivity contribution in [1.82, 2.24) is 5.32 Å². The molecule has 6 heteroatoms. The third-order valence-electron chi connectivity index (χ3n) is 2.92. The van der Waals surface area contributed by atoms with Crippen LogP contribution in [0.2, 0.25) is 0 Å². The number of halogens is 1. The first-order valence-corrected chi connectivity index (χ1v) is 8.58. The van der Waals surface area contributed by atoms with Crippen molar-refractivity contribution in [3.05, 3.63) is 29.6 Å². The molecule has 0 aliphatic heterocycles. The number of rotatable bonds is 9. The summed E-state index contributed by atoms with van der Waals surface area (Å²) in [6.45, 7) is 5.51. The lowest BCUT2D eigenvalue weighted by Gasteiger charge is -2.11. The van der Waals surface area contributed by atoms with Gasteiger partial charge in [-0.3, -0.25) is 4.72 Å². The molecule has 1 aromatic carbocycles. The summed E-state index contributed by atoms with van der Waals surface area (Å²) in [5.41, 5.74) is 0.634. The van der Waals surface area contributed by atoms with Gasteiger partial charge in [0.1, 0.15) is 5.82 Å². The molecule has 0 bridgehead atoms. The Morgan fingerprint density at radius 2 is 1.95 bits per heavy atom. The van der Waals surface area contributed by atoms with E-state index in [2.05, 4.69) is 17.0 Å². The van der Waals surface area contributed by atoms with Crippen molar-refractivity contribution >= 4 is 15.7 Å². The van der Waals surface area contributed by atoms with E-state index in [1.807, 2.05) is 0 Å². The number of nitrogens with one attached hydrogen (secondary N) is 2. The normalized spacial score (nSPS) is 11.6. The van der Waals surface area contributed by atoms with Crippen LogP contribution in [0.25, 0.3) is 0 Å². The van der Waals surface area contributed by atoms with E-state index in [-0.39, 0.29) is 11.4 Å². The number of hydrogen-bond donors (Lipinski definition) is 2. The highest BCUT2D eigenvalue weighted by molar-refractivity contribution is 7.92. The minimum absolute atomic E-state index is 0.00851. The van der Waals surface area contributed by atoms with Gasteiger partial charge in [-0.1, -0.05) is 19.1 Å². The van der Waals surface area contributed by atoms with Gasteiger partial charge < -0.3 is 5.32 Å². The average Bonchev–Trinajstić information content (AvgIpc) is 2.38. The van der Waals surface area contributed by atoms with Crippen LogP contribution in [0.1, 0.15) is 31.7 Å². The van der Waals surface area contributed by atoms with E-state index < -0.39 is 15.8 Å². The quantitative estimate of drug-likeness (QED) is 0.690. The maximum absolute atomic E-state index is 13.6. The second-order valence-electron chi connectivity index (χ2n) is 4.81. The van der Waals surface area contributed by atoms with Crippen LogP contribution in [0.5, 0.6) is 0 Å². The average molecular weight is 302 g/mol. The van der Waals surface area contributed by atoms with E-state index in [0.717, 1.165) is 25.9 Å². The maximum Gasteiger partial charge on any atom is 0.232 e. The maximum atomic E-state index is 13.6. The van der Waals surface area contributed by atoms with E-state index in [1.54, 1.807) is 19.1 Å². The molecule has 4 nitrogen and oxygen atoms in total. The molecular weight excluding hydrogens is 279 g/mol. The first kappa shape index (κ1) is 16.9. The molecule has 0 saturated heterocycles. The molecule has 2 N–H and O–H groups in total. The molecule has 0 spiro atoms. The van der Waals surface area contributed by atoms with Crippen molar-refractivity contribution in [2.75, 3.05) is 23.6 Å². The van der Waals surface area contributed by atoms with Gasteiger partial charge in [0, 0.05) is 0 Å². The minimum atomic E-state index is -3.49.